The van der Waals surface area contributed by atoms with Gasteiger partial charge in [0.1, 0.15) is 12.4 Å². The van der Waals surface area contributed by atoms with E-state index in [9.17, 15) is 10.0 Å². The molecule has 0 heterocycles. The molecule has 0 saturated carbocycles. The van der Waals surface area contributed by atoms with Gasteiger partial charge in [0.15, 0.2) is 0 Å². The number of hydrogen-bond donors (Lipinski definition) is 1. The third-order valence-corrected chi connectivity index (χ3v) is 4.65. The van der Waals surface area contributed by atoms with E-state index >= 15 is 0 Å². The molecule has 4 nitrogen and oxygen atoms in total. The van der Waals surface area contributed by atoms with Gasteiger partial charge in [0.2, 0.25) is 0 Å². The van der Waals surface area contributed by atoms with Crippen LogP contribution < -0.4 is 9.80 Å². The fourth-order valence-corrected chi connectivity index (χ4v) is 2.77. The Balaban J connectivity index is 2.30. The summed E-state index contributed by atoms with van der Waals surface area (Å²) >= 11 is 0.959. The molecule has 0 bridgehead atoms. The number of anilines is 1. The van der Waals surface area contributed by atoms with E-state index in [0.717, 1.165) is 34.2 Å². The van der Waals surface area contributed by atoms with Crippen LogP contribution in [0.2, 0.25) is 0 Å². The van der Waals surface area contributed by atoms with Gasteiger partial charge in [-0.1, -0.05) is 30.0 Å². The molecule has 5 heteroatoms. The minimum absolute atomic E-state index is 0.282. The SMILES string of the molecule is CSC(=O)N(O)c1cccc(C)c1COc1cc(C)c(C)cc1C. The van der Waals surface area contributed by atoms with Crippen molar-refractivity contribution in [3.8, 4) is 5.75 Å². The molecule has 0 saturated heterocycles. The molecule has 0 fully saturated rings. The number of amides is 1. The van der Waals surface area contributed by atoms with Gasteiger partial charge in [-0.15, -0.1) is 0 Å². The number of nitrogens with zero attached hydrogens (tertiary/aromatic N) is 1. The zero-order chi connectivity index (χ0) is 17.9. The summed E-state index contributed by atoms with van der Waals surface area (Å²) in [7, 11) is 0. The van der Waals surface area contributed by atoms with Gasteiger partial charge in [0, 0.05) is 5.56 Å². The van der Waals surface area contributed by atoms with Gasteiger partial charge in [-0.05, 0) is 68.3 Å². The Hall–Kier alpha value is -1.98. The first-order valence-corrected chi connectivity index (χ1v) is 8.93. The Morgan fingerprint density at radius 1 is 1.08 bits per heavy atom. The lowest BCUT2D eigenvalue weighted by Crippen LogP contribution is -2.24. The molecule has 0 spiro atoms. The van der Waals surface area contributed by atoms with E-state index in [1.807, 2.05) is 39.0 Å². The average Bonchev–Trinajstić information content (AvgIpc) is 2.56. The second-order valence-corrected chi connectivity index (χ2v) is 6.60. The van der Waals surface area contributed by atoms with Crippen molar-refractivity contribution in [1.82, 2.24) is 0 Å². The molecule has 0 atom stereocenters. The van der Waals surface area contributed by atoms with E-state index in [2.05, 4.69) is 13.0 Å². The predicted molar refractivity (Wildman–Crippen MR) is 99.3 cm³/mol. The Morgan fingerprint density at radius 3 is 2.42 bits per heavy atom. The molecule has 2 aromatic carbocycles. The number of carbonyl (C=O) groups is 1. The molecule has 0 aliphatic rings. The lowest BCUT2D eigenvalue weighted by Gasteiger charge is -2.20. The first kappa shape index (κ1) is 18.4. The Morgan fingerprint density at radius 2 is 1.75 bits per heavy atom. The third kappa shape index (κ3) is 3.91. The molecule has 2 rings (SSSR count). The van der Waals surface area contributed by atoms with Crippen LogP contribution in [0.5, 0.6) is 5.75 Å². The molecular formula is C19H23NO3S. The van der Waals surface area contributed by atoms with Crippen LogP contribution in [0, 0.1) is 27.7 Å². The molecule has 2 aromatic rings. The van der Waals surface area contributed by atoms with Crippen LogP contribution in [-0.4, -0.2) is 16.7 Å². The van der Waals surface area contributed by atoms with E-state index in [4.69, 9.17) is 4.74 Å². The fourth-order valence-electron chi connectivity index (χ4n) is 2.50. The van der Waals surface area contributed by atoms with Gasteiger partial charge in [-0.2, -0.15) is 5.06 Å². The molecule has 24 heavy (non-hydrogen) atoms. The van der Waals surface area contributed by atoms with Gasteiger partial charge < -0.3 is 4.74 Å². The summed E-state index contributed by atoms with van der Waals surface area (Å²) in [5.74, 6) is 0.813. The number of ether oxygens (including phenoxy) is 1. The Kier molecular flexibility index (Phi) is 5.91. The van der Waals surface area contributed by atoms with Gasteiger partial charge in [0.25, 0.3) is 0 Å². The third-order valence-electron chi connectivity index (χ3n) is 4.12. The molecule has 0 unspecified atom stereocenters. The molecule has 0 aliphatic heterocycles. The highest BCUT2D eigenvalue weighted by molar-refractivity contribution is 8.13. The highest BCUT2D eigenvalue weighted by Crippen LogP contribution is 2.28. The maximum absolute atomic E-state index is 11.8. The van der Waals surface area contributed by atoms with Crippen molar-refractivity contribution >= 4 is 22.7 Å². The Labute approximate surface area is 147 Å². The minimum atomic E-state index is -0.427. The first-order chi connectivity index (χ1) is 11.3. The van der Waals surface area contributed by atoms with Crippen LogP contribution in [0.4, 0.5) is 10.5 Å². The standard InChI is InChI=1S/C19H23NO3S/c1-12-7-6-8-17(20(22)19(21)24-5)16(12)11-23-18-10-14(3)13(2)9-15(18)4/h6-10,22H,11H2,1-5H3. The number of thioether (sulfide) groups is 1. The summed E-state index contributed by atoms with van der Waals surface area (Å²) in [6, 6.07) is 9.58. The molecule has 128 valence electrons. The van der Waals surface area contributed by atoms with E-state index in [1.54, 1.807) is 12.3 Å². The lowest BCUT2D eigenvalue weighted by atomic mass is 10.1. The quantitative estimate of drug-likeness (QED) is 0.613. The average molecular weight is 345 g/mol. The van der Waals surface area contributed by atoms with E-state index in [-0.39, 0.29) is 6.61 Å². The van der Waals surface area contributed by atoms with Gasteiger partial charge in [0.05, 0.1) is 5.69 Å². The van der Waals surface area contributed by atoms with Gasteiger partial charge in [-0.3, -0.25) is 10.0 Å². The lowest BCUT2D eigenvalue weighted by molar-refractivity contribution is 0.223. The molecule has 1 amide bonds. The molecule has 1 N–H and O–H groups in total. The highest BCUT2D eigenvalue weighted by atomic mass is 32.2. The maximum atomic E-state index is 11.8. The first-order valence-electron chi connectivity index (χ1n) is 7.71. The Bertz CT molecular complexity index is 759. The van der Waals surface area contributed by atoms with Crippen molar-refractivity contribution in [2.45, 2.75) is 34.3 Å². The topological polar surface area (TPSA) is 49.8 Å². The zero-order valence-electron chi connectivity index (χ0n) is 14.7. The highest BCUT2D eigenvalue weighted by Gasteiger charge is 2.18. The maximum Gasteiger partial charge on any atom is 0.309 e. The van der Waals surface area contributed by atoms with E-state index in [1.165, 1.54) is 11.1 Å². The van der Waals surface area contributed by atoms with Gasteiger partial charge in [-0.25, -0.2) is 0 Å². The van der Waals surface area contributed by atoms with Crippen molar-refractivity contribution in [2.24, 2.45) is 0 Å². The zero-order valence-corrected chi connectivity index (χ0v) is 15.5. The number of carbonyl (C=O) groups excluding carboxylic acids is 1. The van der Waals surface area contributed by atoms with Crippen LogP contribution >= 0.6 is 11.8 Å². The van der Waals surface area contributed by atoms with Crippen LogP contribution in [-0.2, 0) is 6.61 Å². The normalized spacial score (nSPS) is 10.6. The molecule has 0 aromatic heterocycles. The summed E-state index contributed by atoms with van der Waals surface area (Å²) in [6.07, 6.45) is 1.63. The number of benzene rings is 2. The number of aryl methyl sites for hydroxylation is 4. The largest absolute Gasteiger partial charge is 0.489 e. The van der Waals surface area contributed by atoms with Crippen LogP contribution in [0.25, 0.3) is 0 Å². The molecular weight excluding hydrogens is 322 g/mol. The molecule has 0 radical (unpaired) electrons. The van der Waals surface area contributed by atoms with Crippen molar-refractivity contribution in [1.29, 1.82) is 0 Å². The predicted octanol–water partition coefficient (Wildman–Crippen LogP) is 5.18. The minimum Gasteiger partial charge on any atom is -0.489 e. The van der Waals surface area contributed by atoms with Crippen molar-refractivity contribution in [3.05, 3.63) is 58.1 Å². The smallest absolute Gasteiger partial charge is 0.309 e. The van der Waals surface area contributed by atoms with Crippen LogP contribution in [0.15, 0.2) is 30.3 Å². The van der Waals surface area contributed by atoms with E-state index in [0.29, 0.717) is 10.8 Å². The molecule has 0 aliphatic carbocycles. The van der Waals surface area contributed by atoms with Gasteiger partial charge >= 0.3 is 5.24 Å². The van der Waals surface area contributed by atoms with Crippen molar-refractivity contribution in [3.63, 3.8) is 0 Å². The summed E-state index contributed by atoms with van der Waals surface area (Å²) in [4.78, 5) is 11.8. The van der Waals surface area contributed by atoms with Crippen molar-refractivity contribution in [2.75, 3.05) is 11.3 Å². The van der Waals surface area contributed by atoms with Crippen LogP contribution in [0.1, 0.15) is 27.8 Å². The fraction of sp³-hybridized carbons (Fsp3) is 0.316. The number of rotatable bonds is 4. The summed E-state index contributed by atoms with van der Waals surface area (Å²) in [6.45, 7) is 8.35. The summed E-state index contributed by atoms with van der Waals surface area (Å²) < 4.78 is 5.99. The summed E-state index contributed by atoms with van der Waals surface area (Å²) in [5.41, 5.74) is 5.66. The monoisotopic (exact) mass is 345 g/mol. The van der Waals surface area contributed by atoms with E-state index < -0.39 is 5.24 Å². The van der Waals surface area contributed by atoms with Crippen LogP contribution in [0.3, 0.4) is 0 Å². The van der Waals surface area contributed by atoms with Crippen molar-refractivity contribution < 1.29 is 14.7 Å². The second-order valence-electron chi connectivity index (χ2n) is 5.85. The second kappa shape index (κ2) is 7.73. The summed E-state index contributed by atoms with van der Waals surface area (Å²) in [5, 5.41) is 10.4. The number of hydroxylamine groups is 1. The number of hydrogen-bond acceptors (Lipinski definition) is 4.